The third kappa shape index (κ3) is 2.49. The summed E-state index contributed by atoms with van der Waals surface area (Å²) in [6.45, 7) is 1.19. The number of alkyl halides is 3. The van der Waals surface area contributed by atoms with Crippen molar-refractivity contribution in [3.63, 3.8) is 0 Å². The second-order valence-corrected chi connectivity index (χ2v) is 2.68. The van der Waals surface area contributed by atoms with Gasteiger partial charge in [0.05, 0.1) is 0 Å². The SMILES string of the molecule is Cc1oc(NC(=O)C(F)(F)F)nc1C(=O)O. The third-order valence-electron chi connectivity index (χ3n) is 1.48. The molecule has 0 aliphatic rings. The number of nitrogens with zero attached hydrogens (tertiary/aromatic N) is 1. The van der Waals surface area contributed by atoms with Gasteiger partial charge in [-0.3, -0.25) is 10.1 Å². The summed E-state index contributed by atoms with van der Waals surface area (Å²) in [6.07, 6.45) is -5.09. The highest BCUT2D eigenvalue weighted by molar-refractivity contribution is 5.94. The predicted octanol–water partition coefficient (Wildman–Crippen LogP) is 1.18. The van der Waals surface area contributed by atoms with E-state index in [1.54, 1.807) is 0 Å². The van der Waals surface area contributed by atoms with E-state index in [0.29, 0.717) is 0 Å². The van der Waals surface area contributed by atoms with Crippen molar-refractivity contribution in [3.8, 4) is 0 Å². The molecule has 0 saturated carbocycles. The van der Waals surface area contributed by atoms with Crippen LogP contribution in [-0.4, -0.2) is 28.1 Å². The van der Waals surface area contributed by atoms with E-state index in [9.17, 15) is 22.8 Å². The molecule has 1 rings (SSSR count). The Balaban J connectivity index is 2.88. The molecule has 0 aromatic carbocycles. The molecule has 0 aliphatic carbocycles. The van der Waals surface area contributed by atoms with Gasteiger partial charge in [0.1, 0.15) is 5.76 Å². The minimum atomic E-state index is -5.09. The van der Waals surface area contributed by atoms with Gasteiger partial charge in [-0.25, -0.2) is 4.79 Å². The van der Waals surface area contributed by atoms with Crippen LogP contribution < -0.4 is 5.32 Å². The average molecular weight is 238 g/mol. The zero-order valence-corrected chi connectivity index (χ0v) is 7.75. The van der Waals surface area contributed by atoms with Gasteiger partial charge in [-0.05, 0) is 6.92 Å². The first-order valence-electron chi connectivity index (χ1n) is 3.80. The number of rotatable bonds is 2. The molecule has 1 aromatic rings. The number of hydrogen-bond donors (Lipinski definition) is 2. The second kappa shape index (κ2) is 3.83. The summed E-state index contributed by atoms with van der Waals surface area (Å²) in [5.41, 5.74) is -0.558. The summed E-state index contributed by atoms with van der Waals surface area (Å²) >= 11 is 0. The number of aryl methyl sites for hydroxylation is 1. The van der Waals surface area contributed by atoms with Crippen LogP contribution in [0, 0.1) is 6.92 Å². The minimum Gasteiger partial charge on any atom is -0.476 e. The first-order valence-corrected chi connectivity index (χ1v) is 3.80. The fourth-order valence-corrected chi connectivity index (χ4v) is 0.816. The van der Waals surface area contributed by atoms with E-state index in [-0.39, 0.29) is 5.76 Å². The Morgan fingerprint density at radius 2 is 2.00 bits per heavy atom. The molecule has 0 bridgehead atoms. The van der Waals surface area contributed by atoms with Crippen LogP contribution >= 0.6 is 0 Å². The number of halogens is 3. The normalized spacial score (nSPS) is 11.2. The van der Waals surface area contributed by atoms with E-state index in [4.69, 9.17) is 5.11 Å². The lowest BCUT2D eigenvalue weighted by molar-refractivity contribution is -0.167. The summed E-state index contributed by atoms with van der Waals surface area (Å²) in [4.78, 5) is 24.1. The van der Waals surface area contributed by atoms with Crippen molar-refractivity contribution in [1.82, 2.24) is 4.98 Å². The van der Waals surface area contributed by atoms with Gasteiger partial charge in [-0.2, -0.15) is 18.2 Å². The van der Waals surface area contributed by atoms with E-state index >= 15 is 0 Å². The fourth-order valence-electron chi connectivity index (χ4n) is 0.816. The van der Waals surface area contributed by atoms with Gasteiger partial charge < -0.3 is 9.52 Å². The highest BCUT2D eigenvalue weighted by atomic mass is 19.4. The summed E-state index contributed by atoms with van der Waals surface area (Å²) in [5.74, 6) is -3.95. The fraction of sp³-hybridized carbons (Fsp3) is 0.286. The number of nitrogens with one attached hydrogen (secondary N) is 1. The van der Waals surface area contributed by atoms with Crippen LogP contribution in [0.15, 0.2) is 4.42 Å². The van der Waals surface area contributed by atoms with E-state index in [0.717, 1.165) is 0 Å². The van der Waals surface area contributed by atoms with Crippen LogP contribution in [-0.2, 0) is 4.79 Å². The summed E-state index contributed by atoms with van der Waals surface area (Å²) in [6, 6.07) is -0.808. The Bertz CT molecular complexity index is 437. The minimum absolute atomic E-state index is 0.204. The number of carbonyl (C=O) groups excluding carboxylic acids is 1. The van der Waals surface area contributed by atoms with Crippen LogP contribution in [0.2, 0.25) is 0 Å². The zero-order chi connectivity index (χ0) is 12.5. The highest BCUT2D eigenvalue weighted by Gasteiger charge is 2.39. The smallest absolute Gasteiger partial charge is 0.471 e. The van der Waals surface area contributed by atoms with Crippen molar-refractivity contribution in [3.05, 3.63) is 11.5 Å². The number of carboxylic acid groups (broad SMARTS) is 1. The van der Waals surface area contributed by atoms with Crippen LogP contribution in [0.1, 0.15) is 16.2 Å². The molecule has 0 atom stereocenters. The first-order chi connectivity index (χ1) is 7.21. The van der Waals surface area contributed by atoms with Crippen molar-refractivity contribution >= 4 is 17.9 Å². The maximum absolute atomic E-state index is 11.8. The van der Waals surface area contributed by atoms with E-state index in [2.05, 4.69) is 9.40 Å². The van der Waals surface area contributed by atoms with Crippen LogP contribution in [0.3, 0.4) is 0 Å². The number of anilines is 1. The summed E-state index contributed by atoms with van der Waals surface area (Å²) in [7, 11) is 0. The lowest BCUT2D eigenvalue weighted by Gasteiger charge is -2.03. The number of carboxylic acids is 1. The average Bonchev–Trinajstić information content (AvgIpc) is 2.45. The quantitative estimate of drug-likeness (QED) is 0.806. The Labute approximate surface area is 86.1 Å². The van der Waals surface area contributed by atoms with Crippen LogP contribution in [0.5, 0.6) is 0 Å². The zero-order valence-electron chi connectivity index (χ0n) is 7.75. The number of aromatic carboxylic acids is 1. The lowest BCUT2D eigenvalue weighted by atomic mass is 10.4. The van der Waals surface area contributed by atoms with Gasteiger partial charge in [0.25, 0.3) is 0 Å². The molecule has 16 heavy (non-hydrogen) atoms. The standard InChI is InChI=1S/C7H5F3N2O4/c1-2-3(4(13)14)11-6(16-2)12-5(15)7(8,9)10/h1H3,(H,13,14)(H,11,12,15). The molecule has 0 fully saturated rings. The largest absolute Gasteiger partial charge is 0.476 e. The molecule has 0 saturated heterocycles. The van der Waals surface area contributed by atoms with Crippen molar-refractivity contribution in [1.29, 1.82) is 0 Å². The molecule has 1 aromatic heterocycles. The van der Waals surface area contributed by atoms with E-state index in [1.807, 2.05) is 0 Å². The molecule has 0 radical (unpaired) electrons. The van der Waals surface area contributed by atoms with Crippen molar-refractivity contribution in [2.24, 2.45) is 0 Å². The van der Waals surface area contributed by atoms with Gasteiger partial charge in [0, 0.05) is 0 Å². The molecule has 2 N–H and O–H groups in total. The molecule has 1 heterocycles. The van der Waals surface area contributed by atoms with Crippen molar-refractivity contribution < 1.29 is 32.3 Å². The van der Waals surface area contributed by atoms with Gasteiger partial charge in [-0.1, -0.05) is 0 Å². The monoisotopic (exact) mass is 238 g/mol. The Morgan fingerprint density at radius 1 is 1.44 bits per heavy atom. The predicted molar refractivity (Wildman–Crippen MR) is 42.9 cm³/mol. The third-order valence-corrected chi connectivity index (χ3v) is 1.48. The summed E-state index contributed by atoms with van der Waals surface area (Å²) < 4.78 is 39.9. The maximum Gasteiger partial charge on any atom is 0.471 e. The van der Waals surface area contributed by atoms with Gasteiger partial charge >= 0.3 is 24.1 Å². The number of aromatic nitrogens is 1. The number of oxazole rings is 1. The molecular weight excluding hydrogens is 233 g/mol. The number of carbonyl (C=O) groups is 2. The second-order valence-electron chi connectivity index (χ2n) is 2.68. The molecule has 0 aliphatic heterocycles. The van der Waals surface area contributed by atoms with Crippen molar-refractivity contribution in [2.75, 3.05) is 5.32 Å². The van der Waals surface area contributed by atoms with Crippen molar-refractivity contribution in [2.45, 2.75) is 13.1 Å². The number of amides is 1. The first kappa shape index (κ1) is 12.0. The highest BCUT2D eigenvalue weighted by Crippen LogP contribution is 2.19. The van der Waals surface area contributed by atoms with Crippen LogP contribution in [0.4, 0.5) is 19.2 Å². The van der Waals surface area contributed by atoms with Gasteiger partial charge in [0.2, 0.25) is 0 Å². The molecule has 9 heteroatoms. The van der Waals surface area contributed by atoms with E-state index in [1.165, 1.54) is 12.2 Å². The molecular formula is C7H5F3N2O4. The molecule has 0 unspecified atom stereocenters. The molecule has 0 spiro atoms. The topological polar surface area (TPSA) is 92.4 Å². The maximum atomic E-state index is 11.8. The van der Waals surface area contributed by atoms with Crippen LogP contribution in [0.25, 0.3) is 0 Å². The number of hydrogen-bond acceptors (Lipinski definition) is 4. The van der Waals surface area contributed by atoms with Gasteiger partial charge in [0.15, 0.2) is 5.69 Å². The Morgan fingerprint density at radius 3 is 2.38 bits per heavy atom. The lowest BCUT2D eigenvalue weighted by Crippen LogP contribution is -2.30. The Hall–Kier alpha value is -2.06. The van der Waals surface area contributed by atoms with E-state index < -0.39 is 29.8 Å². The summed E-state index contributed by atoms with van der Waals surface area (Å²) in [5, 5.41) is 9.81. The molecule has 1 amide bonds. The molecule has 6 nitrogen and oxygen atoms in total. The Kier molecular flexibility index (Phi) is 2.88. The molecule has 88 valence electrons. The van der Waals surface area contributed by atoms with Gasteiger partial charge in [-0.15, -0.1) is 0 Å².